The summed E-state index contributed by atoms with van der Waals surface area (Å²) in [7, 11) is 2.07. The molecule has 0 radical (unpaired) electrons. The monoisotopic (exact) mass is 462 g/mol. The minimum absolute atomic E-state index is 0.821. The number of benzene rings is 1. The van der Waals surface area contributed by atoms with E-state index in [1.807, 2.05) is 6.08 Å². The summed E-state index contributed by atoms with van der Waals surface area (Å²) in [6, 6.07) is 7.42. The van der Waals surface area contributed by atoms with Crippen molar-refractivity contribution in [1.82, 2.24) is 15.1 Å². The van der Waals surface area contributed by atoms with Crippen molar-refractivity contribution in [3.63, 3.8) is 0 Å². The highest BCUT2D eigenvalue weighted by molar-refractivity contribution is 5.97. The Labute approximate surface area is 208 Å². The van der Waals surface area contributed by atoms with Crippen LogP contribution in [0.1, 0.15) is 75.5 Å². The van der Waals surface area contributed by atoms with Gasteiger partial charge in [-0.2, -0.15) is 0 Å². The average Bonchev–Trinajstić information content (AvgIpc) is 3.16. The molecule has 2 fully saturated rings. The van der Waals surface area contributed by atoms with E-state index in [2.05, 4.69) is 86.9 Å². The third-order valence-electron chi connectivity index (χ3n) is 7.18. The number of hydrogen-bond donors (Lipinski definition) is 1. The topological polar surface area (TPSA) is 30.9 Å². The van der Waals surface area contributed by atoms with E-state index in [1.54, 1.807) is 0 Å². The fourth-order valence-electron chi connectivity index (χ4n) is 5.39. The average molecular weight is 463 g/mol. The van der Waals surface area contributed by atoms with Crippen LogP contribution in [0, 0.1) is 19.8 Å². The minimum atomic E-state index is 0.821. The lowest BCUT2D eigenvalue weighted by Gasteiger charge is -2.28. The van der Waals surface area contributed by atoms with Crippen LogP contribution in [0.4, 0.5) is 0 Å². The van der Waals surface area contributed by atoms with Crippen LogP contribution in [0.5, 0.6) is 0 Å². The van der Waals surface area contributed by atoms with E-state index in [0.717, 1.165) is 35.7 Å². The number of allylic oxidation sites excluding steroid dienone is 2. The zero-order valence-corrected chi connectivity index (χ0v) is 22.2. The maximum absolute atomic E-state index is 4.94. The standard InChI is InChI=1S/C27H38N4.C3H8/c1-5-24(25-18-20(2)10-11-21(25)3)27-29-26(13-17-30(27)4)28-14-12-22-8-6-15-31-16-7-9-23(31)19-22;1-3-2/h5,10-11,13,17-18,22-23H,1,6-9,12,14-16,19H2,2-4H3,(H,28,29);3H2,1-2H3/b27-24+;. The molecule has 0 aliphatic carbocycles. The van der Waals surface area contributed by atoms with E-state index in [-0.39, 0.29) is 0 Å². The molecule has 4 rings (SSSR count). The lowest BCUT2D eigenvalue weighted by atomic mass is 9.93. The van der Waals surface area contributed by atoms with Crippen LogP contribution in [0.15, 0.2) is 53.9 Å². The smallest absolute Gasteiger partial charge is 0.127 e. The van der Waals surface area contributed by atoms with Crippen LogP contribution in [0.2, 0.25) is 0 Å². The predicted octanol–water partition coefficient (Wildman–Crippen LogP) is 6.68. The quantitative estimate of drug-likeness (QED) is 0.530. The van der Waals surface area contributed by atoms with Gasteiger partial charge in [-0.05, 0) is 88.6 Å². The summed E-state index contributed by atoms with van der Waals surface area (Å²) in [4.78, 5) is 9.79. The molecule has 0 saturated carbocycles. The second-order valence-corrected chi connectivity index (χ2v) is 10.2. The van der Waals surface area contributed by atoms with Crippen molar-refractivity contribution < 1.29 is 0 Å². The molecule has 0 aromatic heterocycles. The Morgan fingerprint density at radius 2 is 1.91 bits per heavy atom. The molecule has 4 nitrogen and oxygen atoms in total. The van der Waals surface area contributed by atoms with Crippen LogP contribution in [-0.2, 0) is 0 Å². The van der Waals surface area contributed by atoms with Gasteiger partial charge in [0.25, 0.3) is 0 Å². The molecule has 2 saturated heterocycles. The van der Waals surface area contributed by atoms with Gasteiger partial charge in [0.05, 0.1) is 0 Å². The van der Waals surface area contributed by atoms with E-state index in [1.165, 1.54) is 74.7 Å². The second kappa shape index (κ2) is 12.9. The lowest BCUT2D eigenvalue weighted by Crippen LogP contribution is -2.35. The summed E-state index contributed by atoms with van der Waals surface area (Å²) in [5.74, 6) is 2.82. The van der Waals surface area contributed by atoms with E-state index in [0.29, 0.717) is 0 Å². The second-order valence-electron chi connectivity index (χ2n) is 10.2. The number of aliphatic imine (C=N–C) groups is 1. The van der Waals surface area contributed by atoms with Gasteiger partial charge in [0.1, 0.15) is 11.7 Å². The molecule has 3 aliphatic rings. The number of amidine groups is 1. The van der Waals surface area contributed by atoms with Crippen LogP contribution >= 0.6 is 0 Å². The van der Waals surface area contributed by atoms with Crippen LogP contribution in [0.3, 0.4) is 0 Å². The first-order valence-corrected chi connectivity index (χ1v) is 13.4. The summed E-state index contributed by atoms with van der Waals surface area (Å²) < 4.78 is 0. The van der Waals surface area contributed by atoms with Crippen molar-refractivity contribution >= 4 is 11.4 Å². The van der Waals surface area contributed by atoms with Gasteiger partial charge in [-0.25, -0.2) is 0 Å². The van der Waals surface area contributed by atoms with Crippen LogP contribution in [-0.4, -0.2) is 48.4 Å². The fourth-order valence-corrected chi connectivity index (χ4v) is 5.39. The minimum Gasteiger partial charge on any atom is -0.337 e. The predicted molar refractivity (Wildman–Crippen MR) is 148 cm³/mol. The molecule has 3 heterocycles. The Hall–Kier alpha value is -2.33. The number of rotatable bonds is 5. The molecular formula is C30H46N4. The molecule has 4 heteroatoms. The molecule has 0 bridgehead atoms. The Morgan fingerprint density at radius 3 is 2.65 bits per heavy atom. The SMILES string of the molecule is C=C/C(=C1/NC(=NCCC2CCCN3CCCC3C2)C=CN1C)c1cc(C)ccc1C.CCC. The van der Waals surface area contributed by atoms with Gasteiger partial charge in [-0.15, -0.1) is 0 Å². The van der Waals surface area contributed by atoms with Gasteiger partial charge in [0, 0.05) is 31.4 Å². The van der Waals surface area contributed by atoms with Crippen LogP contribution < -0.4 is 5.32 Å². The highest BCUT2D eigenvalue weighted by atomic mass is 15.2. The van der Waals surface area contributed by atoms with Gasteiger partial charge >= 0.3 is 0 Å². The first-order chi connectivity index (χ1) is 16.5. The number of hydrogen-bond acceptors (Lipinski definition) is 3. The number of nitrogens with one attached hydrogen (secondary N) is 1. The molecule has 186 valence electrons. The van der Waals surface area contributed by atoms with Crippen LogP contribution in [0.25, 0.3) is 5.57 Å². The fraction of sp³-hybridized carbons (Fsp3) is 0.567. The van der Waals surface area contributed by atoms with E-state index in [9.17, 15) is 0 Å². The van der Waals surface area contributed by atoms with Gasteiger partial charge in [0.2, 0.25) is 0 Å². The Morgan fingerprint density at radius 1 is 1.18 bits per heavy atom. The largest absolute Gasteiger partial charge is 0.337 e. The molecule has 1 aromatic rings. The van der Waals surface area contributed by atoms with E-state index >= 15 is 0 Å². The number of aryl methyl sites for hydroxylation is 2. The summed E-state index contributed by atoms with van der Waals surface area (Å²) in [5, 5.41) is 3.58. The van der Waals surface area contributed by atoms with Gasteiger partial charge in [0.15, 0.2) is 0 Å². The highest BCUT2D eigenvalue weighted by Gasteiger charge is 2.29. The van der Waals surface area contributed by atoms with Crippen molar-refractivity contribution in [2.24, 2.45) is 10.9 Å². The highest BCUT2D eigenvalue weighted by Crippen LogP contribution is 2.31. The summed E-state index contributed by atoms with van der Waals surface area (Å²) >= 11 is 0. The normalized spacial score (nSPS) is 25.2. The molecule has 3 aliphatic heterocycles. The number of nitrogens with zero attached hydrogens (tertiary/aromatic N) is 3. The first kappa shape index (κ1) is 26.3. The zero-order valence-electron chi connectivity index (χ0n) is 22.2. The maximum Gasteiger partial charge on any atom is 0.127 e. The molecule has 0 spiro atoms. The molecule has 2 atom stereocenters. The molecule has 1 N–H and O–H groups in total. The van der Waals surface area contributed by atoms with Gasteiger partial charge < -0.3 is 15.1 Å². The third kappa shape index (κ3) is 6.85. The Kier molecular flexibility index (Phi) is 10.0. The maximum atomic E-state index is 4.94. The molecule has 1 aromatic carbocycles. The van der Waals surface area contributed by atoms with Crippen molar-refractivity contribution in [3.8, 4) is 0 Å². The Balaban J connectivity index is 0.00000103. The number of fused-ring (bicyclic) bond motifs is 1. The third-order valence-corrected chi connectivity index (χ3v) is 7.18. The van der Waals surface area contributed by atoms with E-state index < -0.39 is 0 Å². The molecular weight excluding hydrogens is 416 g/mol. The zero-order chi connectivity index (χ0) is 24.5. The lowest BCUT2D eigenvalue weighted by molar-refractivity contribution is 0.248. The summed E-state index contributed by atoms with van der Waals surface area (Å²) in [6.45, 7) is 16.2. The first-order valence-electron chi connectivity index (χ1n) is 13.4. The summed E-state index contributed by atoms with van der Waals surface area (Å²) in [6.07, 6.45) is 15.5. The van der Waals surface area contributed by atoms with Gasteiger partial charge in [-0.3, -0.25) is 4.99 Å². The molecule has 0 amide bonds. The molecule has 2 unspecified atom stereocenters. The molecule has 34 heavy (non-hydrogen) atoms. The summed E-state index contributed by atoms with van der Waals surface area (Å²) in [5.41, 5.74) is 4.85. The van der Waals surface area contributed by atoms with Crippen molar-refractivity contribution in [2.45, 2.75) is 78.7 Å². The van der Waals surface area contributed by atoms with Crippen molar-refractivity contribution in [3.05, 3.63) is 65.6 Å². The van der Waals surface area contributed by atoms with Crippen molar-refractivity contribution in [2.75, 3.05) is 26.7 Å². The van der Waals surface area contributed by atoms with Crippen molar-refractivity contribution in [1.29, 1.82) is 0 Å². The van der Waals surface area contributed by atoms with E-state index in [4.69, 9.17) is 4.99 Å². The van der Waals surface area contributed by atoms with Gasteiger partial charge in [-0.1, -0.05) is 56.7 Å². The Bertz CT molecular complexity index is 910.